The zero-order valence-electron chi connectivity index (χ0n) is 12.9. The third-order valence-corrected chi connectivity index (χ3v) is 3.70. The molecule has 3 heteroatoms. The van der Waals surface area contributed by atoms with Crippen LogP contribution in [0.25, 0.3) is 11.1 Å². The molecule has 0 spiro atoms. The van der Waals surface area contributed by atoms with E-state index >= 15 is 0 Å². The van der Waals surface area contributed by atoms with Gasteiger partial charge in [-0.05, 0) is 47.5 Å². The summed E-state index contributed by atoms with van der Waals surface area (Å²) in [6.07, 6.45) is 0. The molecule has 0 aliphatic carbocycles. The lowest BCUT2D eigenvalue weighted by Gasteiger charge is -2.21. The molecule has 3 aromatic carbocycles. The van der Waals surface area contributed by atoms with Crippen molar-refractivity contribution in [3.8, 4) is 11.1 Å². The van der Waals surface area contributed by atoms with Crippen molar-refractivity contribution in [3.05, 3.63) is 78.9 Å². The fourth-order valence-electron chi connectivity index (χ4n) is 2.57. The predicted octanol–water partition coefficient (Wildman–Crippen LogP) is 4.62. The summed E-state index contributed by atoms with van der Waals surface area (Å²) in [6.45, 7) is 1.56. The summed E-state index contributed by atoms with van der Waals surface area (Å²) in [6, 6.07) is 25.4. The number of carbonyl (C=O) groups excluding carboxylic acids is 1. The average molecular weight is 302 g/mol. The zero-order valence-corrected chi connectivity index (χ0v) is 12.9. The molecule has 3 aromatic rings. The van der Waals surface area contributed by atoms with E-state index in [0.29, 0.717) is 5.69 Å². The predicted molar refractivity (Wildman–Crippen MR) is 95.6 cm³/mol. The zero-order chi connectivity index (χ0) is 16.2. The summed E-state index contributed by atoms with van der Waals surface area (Å²) in [4.78, 5) is 13.8. The van der Waals surface area contributed by atoms with Gasteiger partial charge >= 0.3 is 0 Å². The second-order valence-electron chi connectivity index (χ2n) is 5.36. The molecule has 0 aliphatic heterocycles. The van der Waals surface area contributed by atoms with Crippen LogP contribution in [0.1, 0.15) is 6.92 Å². The highest BCUT2D eigenvalue weighted by molar-refractivity contribution is 5.99. The molecule has 3 nitrogen and oxygen atoms in total. The van der Waals surface area contributed by atoms with E-state index in [0.717, 1.165) is 22.5 Å². The summed E-state index contributed by atoms with van der Waals surface area (Å²) in [5.41, 5.74) is 10.3. The molecule has 0 aromatic heterocycles. The minimum Gasteiger partial charge on any atom is -0.399 e. The van der Waals surface area contributed by atoms with Crippen LogP contribution in [0.2, 0.25) is 0 Å². The van der Waals surface area contributed by atoms with Crippen molar-refractivity contribution in [2.45, 2.75) is 6.92 Å². The SMILES string of the molecule is CC(=O)N(c1ccc(N)cc1)c1ccc(-c2ccccc2)cc1. The quantitative estimate of drug-likeness (QED) is 0.717. The standard InChI is InChI=1S/C20H18N2O/c1-15(23)22(20-13-9-18(21)10-14-20)19-11-7-17(8-12-19)16-5-3-2-4-6-16/h2-14H,21H2,1H3. The fraction of sp³-hybridized carbons (Fsp3) is 0.0500. The Hall–Kier alpha value is -3.07. The van der Waals surface area contributed by atoms with Crippen LogP contribution in [0.3, 0.4) is 0 Å². The Balaban J connectivity index is 1.95. The van der Waals surface area contributed by atoms with Gasteiger partial charge in [0.2, 0.25) is 5.91 Å². The summed E-state index contributed by atoms with van der Waals surface area (Å²) in [7, 11) is 0. The molecule has 0 bridgehead atoms. The highest BCUT2D eigenvalue weighted by atomic mass is 16.2. The monoisotopic (exact) mass is 302 g/mol. The van der Waals surface area contributed by atoms with Gasteiger partial charge in [0.1, 0.15) is 0 Å². The maximum Gasteiger partial charge on any atom is 0.228 e. The van der Waals surface area contributed by atoms with E-state index in [-0.39, 0.29) is 5.91 Å². The largest absolute Gasteiger partial charge is 0.399 e. The van der Waals surface area contributed by atoms with Crippen LogP contribution in [0.15, 0.2) is 78.9 Å². The Bertz CT molecular complexity index is 793. The molecule has 0 radical (unpaired) electrons. The lowest BCUT2D eigenvalue weighted by Crippen LogP contribution is -2.22. The van der Waals surface area contributed by atoms with Gasteiger partial charge in [-0.1, -0.05) is 42.5 Å². The Kier molecular flexibility index (Phi) is 4.11. The van der Waals surface area contributed by atoms with Gasteiger partial charge in [-0.3, -0.25) is 9.69 Å². The maximum atomic E-state index is 12.1. The Morgan fingerprint density at radius 2 is 1.22 bits per heavy atom. The van der Waals surface area contributed by atoms with Gasteiger partial charge in [0.05, 0.1) is 0 Å². The average Bonchev–Trinajstić information content (AvgIpc) is 2.58. The molecule has 0 fully saturated rings. The topological polar surface area (TPSA) is 46.3 Å². The van der Waals surface area contributed by atoms with Crippen LogP contribution in [0.4, 0.5) is 17.1 Å². The first-order chi connectivity index (χ1) is 11.1. The van der Waals surface area contributed by atoms with Crippen molar-refractivity contribution in [2.24, 2.45) is 0 Å². The second-order valence-corrected chi connectivity index (χ2v) is 5.36. The number of rotatable bonds is 3. The number of nitrogen functional groups attached to an aromatic ring is 1. The van der Waals surface area contributed by atoms with Gasteiger partial charge < -0.3 is 5.73 Å². The van der Waals surface area contributed by atoms with E-state index in [4.69, 9.17) is 5.73 Å². The van der Waals surface area contributed by atoms with Crippen LogP contribution in [0, 0.1) is 0 Å². The number of nitrogens with two attached hydrogens (primary N) is 1. The van der Waals surface area contributed by atoms with Gasteiger partial charge in [0.25, 0.3) is 0 Å². The minimum absolute atomic E-state index is 0.0396. The van der Waals surface area contributed by atoms with Gasteiger partial charge in [0, 0.05) is 24.0 Å². The number of amides is 1. The van der Waals surface area contributed by atoms with E-state index < -0.39 is 0 Å². The molecule has 3 rings (SSSR count). The Labute approximate surface area is 136 Å². The van der Waals surface area contributed by atoms with Gasteiger partial charge in [-0.2, -0.15) is 0 Å². The molecule has 1 amide bonds. The van der Waals surface area contributed by atoms with Crippen molar-refractivity contribution in [3.63, 3.8) is 0 Å². The molecular weight excluding hydrogens is 284 g/mol. The first-order valence-corrected chi connectivity index (χ1v) is 7.47. The molecule has 0 aliphatic rings. The third-order valence-electron chi connectivity index (χ3n) is 3.70. The second kappa shape index (κ2) is 6.36. The van der Waals surface area contributed by atoms with Crippen LogP contribution in [-0.2, 0) is 4.79 Å². The summed E-state index contributed by atoms with van der Waals surface area (Å²) in [5, 5.41) is 0. The summed E-state index contributed by atoms with van der Waals surface area (Å²) in [5.74, 6) is -0.0396. The Morgan fingerprint density at radius 3 is 1.74 bits per heavy atom. The summed E-state index contributed by atoms with van der Waals surface area (Å²) < 4.78 is 0. The third kappa shape index (κ3) is 3.24. The maximum absolute atomic E-state index is 12.1. The number of carbonyl (C=O) groups is 1. The van der Waals surface area contributed by atoms with Gasteiger partial charge in [0.15, 0.2) is 0 Å². The van der Waals surface area contributed by atoms with Crippen LogP contribution < -0.4 is 10.6 Å². The first-order valence-electron chi connectivity index (χ1n) is 7.47. The normalized spacial score (nSPS) is 10.3. The highest BCUT2D eigenvalue weighted by Gasteiger charge is 2.13. The van der Waals surface area contributed by atoms with Crippen molar-refractivity contribution in [1.29, 1.82) is 0 Å². The number of hydrogen-bond acceptors (Lipinski definition) is 2. The van der Waals surface area contributed by atoms with Crippen molar-refractivity contribution < 1.29 is 4.79 Å². The molecule has 0 atom stereocenters. The van der Waals surface area contributed by atoms with Gasteiger partial charge in [-0.15, -0.1) is 0 Å². The van der Waals surface area contributed by atoms with Gasteiger partial charge in [-0.25, -0.2) is 0 Å². The van der Waals surface area contributed by atoms with Crippen molar-refractivity contribution in [2.75, 3.05) is 10.6 Å². The van der Waals surface area contributed by atoms with Crippen LogP contribution in [-0.4, -0.2) is 5.91 Å². The molecule has 114 valence electrons. The number of hydrogen-bond donors (Lipinski definition) is 1. The molecule has 0 unspecified atom stereocenters. The molecule has 0 saturated carbocycles. The summed E-state index contributed by atoms with van der Waals surface area (Å²) >= 11 is 0. The molecule has 0 heterocycles. The van der Waals surface area contributed by atoms with Crippen molar-refractivity contribution in [1.82, 2.24) is 0 Å². The Morgan fingerprint density at radius 1 is 0.739 bits per heavy atom. The van der Waals surface area contributed by atoms with Crippen molar-refractivity contribution >= 4 is 23.0 Å². The van der Waals surface area contributed by atoms with E-state index in [1.54, 1.807) is 24.0 Å². The lowest BCUT2D eigenvalue weighted by molar-refractivity contribution is -0.115. The first kappa shape index (κ1) is 14.9. The highest BCUT2D eigenvalue weighted by Crippen LogP contribution is 2.29. The number of nitrogens with zero attached hydrogens (tertiary/aromatic N) is 1. The van der Waals surface area contributed by atoms with E-state index in [1.807, 2.05) is 54.6 Å². The van der Waals surface area contributed by atoms with Crippen LogP contribution >= 0.6 is 0 Å². The molecule has 0 saturated heterocycles. The van der Waals surface area contributed by atoms with Crippen LogP contribution in [0.5, 0.6) is 0 Å². The number of anilines is 3. The molecular formula is C20H18N2O. The fourth-order valence-corrected chi connectivity index (χ4v) is 2.57. The molecule has 23 heavy (non-hydrogen) atoms. The lowest BCUT2D eigenvalue weighted by atomic mass is 10.1. The number of benzene rings is 3. The smallest absolute Gasteiger partial charge is 0.228 e. The van der Waals surface area contributed by atoms with E-state index in [9.17, 15) is 4.79 Å². The minimum atomic E-state index is -0.0396. The molecule has 2 N–H and O–H groups in total. The van der Waals surface area contributed by atoms with E-state index in [1.165, 1.54) is 0 Å². The van der Waals surface area contributed by atoms with E-state index in [2.05, 4.69) is 12.1 Å².